The summed E-state index contributed by atoms with van der Waals surface area (Å²) in [6.45, 7) is 1.61. The standard InChI is InChI=1S/C18H23N3O5S2/c1-27-8-15(22)19-13-2-3-14-12-4-11(6-21(14)18(13)26)5-20(7-12)16(23)9-28-10-17(24)25/h2-3,11-12H,4-10H2,1H3,(H,19,22)(H,24,25). The van der Waals surface area contributed by atoms with Crippen molar-refractivity contribution in [1.29, 1.82) is 0 Å². The van der Waals surface area contributed by atoms with Gasteiger partial charge in [0.05, 0.1) is 17.3 Å². The lowest BCUT2D eigenvalue weighted by Gasteiger charge is -2.43. The van der Waals surface area contributed by atoms with E-state index >= 15 is 0 Å². The number of likely N-dealkylation sites (tertiary alicyclic amines) is 1. The van der Waals surface area contributed by atoms with Gasteiger partial charge in [-0.15, -0.1) is 11.8 Å². The number of carbonyl (C=O) groups is 3. The number of carboxylic acid groups (broad SMARTS) is 1. The van der Waals surface area contributed by atoms with E-state index in [0.717, 1.165) is 23.9 Å². The average Bonchev–Trinajstić information content (AvgIpc) is 2.64. The summed E-state index contributed by atoms with van der Waals surface area (Å²) in [7, 11) is 0. The number of fused-ring (bicyclic) bond motifs is 4. The number of aliphatic carboxylic acids is 1. The van der Waals surface area contributed by atoms with E-state index in [2.05, 4.69) is 5.32 Å². The molecule has 28 heavy (non-hydrogen) atoms. The molecule has 2 bridgehead atoms. The molecule has 0 aliphatic carbocycles. The van der Waals surface area contributed by atoms with E-state index in [-0.39, 0.29) is 40.7 Å². The molecule has 152 valence electrons. The molecule has 0 aromatic carbocycles. The third-order valence-electron chi connectivity index (χ3n) is 4.96. The van der Waals surface area contributed by atoms with Crippen molar-refractivity contribution >= 4 is 47.0 Å². The number of anilines is 1. The summed E-state index contributed by atoms with van der Waals surface area (Å²) in [6.07, 6.45) is 2.75. The number of aromatic nitrogens is 1. The number of nitrogens with one attached hydrogen (secondary N) is 1. The molecule has 2 aliphatic rings. The van der Waals surface area contributed by atoms with Gasteiger partial charge in [-0.3, -0.25) is 19.2 Å². The van der Waals surface area contributed by atoms with E-state index in [1.54, 1.807) is 15.5 Å². The molecular formula is C18H23N3O5S2. The second-order valence-corrected chi connectivity index (χ2v) is 8.90. The molecule has 3 rings (SSSR count). The molecule has 2 aliphatic heterocycles. The molecule has 1 fully saturated rings. The Hall–Kier alpha value is -1.94. The van der Waals surface area contributed by atoms with Gasteiger partial charge in [-0.25, -0.2) is 0 Å². The quantitative estimate of drug-likeness (QED) is 0.668. The fraction of sp³-hybridized carbons (Fsp3) is 0.556. The summed E-state index contributed by atoms with van der Waals surface area (Å²) >= 11 is 2.50. The minimum atomic E-state index is -0.929. The fourth-order valence-electron chi connectivity index (χ4n) is 3.88. The Bertz CT molecular complexity index is 841. The number of rotatable bonds is 7. The summed E-state index contributed by atoms with van der Waals surface area (Å²) in [5.41, 5.74) is 0.985. The largest absolute Gasteiger partial charge is 0.481 e. The van der Waals surface area contributed by atoms with Crippen molar-refractivity contribution < 1.29 is 19.5 Å². The number of carbonyl (C=O) groups excluding carboxylic acids is 2. The lowest BCUT2D eigenvalue weighted by Crippen LogP contribution is -2.49. The van der Waals surface area contributed by atoms with Gasteiger partial charge < -0.3 is 19.9 Å². The molecule has 2 amide bonds. The Morgan fingerprint density at radius 3 is 2.68 bits per heavy atom. The van der Waals surface area contributed by atoms with E-state index in [4.69, 9.17) is 5.11 Å². The van der Waals surface area contributed by atoms with Crippen LogP contribution in [0.25, 0.3) is 0 Å². The number of thioether (sulfide) groups is 2. The maximum absolute atomic E-state index is 12.8. The third kappa shape index (κ3) is 4.72. The molecule has 1 aromatic rings. The van der Waals surface area contributed by atoms with Gasteiger partial charge in [-0.05, 0) is 30.7 Å². The Morgan fingerprint density at radius 2 is 1.96 bits per heavy atom. The summed E-state index contributed by atoms with van der Waals surface area (Å²) in [4.78, 5) is 49.4. The smallest absolute Gasteiger partial charge is 0.313 e. The minimum absolute atomic E-state index is 0.0577. The molecule has 2 N–H and O–H groups in total. The van der Waals surface area contributed by atoms with Crippen LogP contribution in [0.4, 0.5) is 5.69 Å². The highest BCUT2D eigenvalue weighted by Crippen LogP contribution is 2.35. The van der Waals surface area contributed by atoms with Gasteiger partial charge in [0.1, 0.15) is 5.69 Å². The van der Waals surface area contributed by atoms with Gasteiger partial charge >= 0.3 is 5.97 Å². The van der Waals surface area contributed by atoms with Crippen molar-refractivity contribution in [2.75, 3.05) is 41.9 Å². The number of nitrogens with zero attached hydrogens (tertiary/aromatic N) is 2. The Labute approximate surface area is 171 Å². The second kappa shape index (κ2) is 9.04. The van der Waals surface area contributed by atoms with Crippen molar-refractivity contribution in [3.8, 4) is 0 Å². The van der Waals surface area contributed by atoms with Crippen LogP contribution in [0.15, 0.2) is 16.9 Å². The number of carboxylic acids is 1. The van der Waals surface area contributed by atoms with Crippen molar-refractivity contribution in [2.24, 2.45) is 5.92 Å². The lowest BCUT2D eigenvalue weighted by atomic mass is 9.83. The third-order valence-corrected chi connectivity index (χ3v) is 6.41. The highest BCUT2D eigenvalue weighted by molar-refractivity contribution is 8.00. The molecular weight excluding hydrogens is 402 g/mol. The Morgan fingerprint density at radius 1 is 1.18 bits per heavy atom. The first-order valence-corrected chi connectivity index (χ1v) is 11.5. The molecule has 0 spiro atoms. The van der Waals surface area contributed by atoms with E-state index in [1.165, 1.54) is 11.8 Å². The van der Waals surface area contributed by atoms with Crippen molar-refractivity contribution in [3.05, 3.63) is 28.2 Å². The van der Waals surface area contributed by atoms with Gasteiger partial charge in [0.25, 0.3) is 5.56 Å². The molecule has 1 saturated heterocycles. The first-order chi connectivity index (χ1) is 13.4. The number of pyridine rings is 1. The maximum atomic E-state index is 12.8. The summed E-state index contributed by atoms with van der Waals surface area (Å²) in [5.74, 6) is -0.575. The van der Waals surface area contributed by atoms with E-state index in [9.17, 15) is 19.2 Å². The first kappa shape index (κ1) is 20.8. The molecule has 0 radical (unpaired) electrons. The van der Waals surface area contributed by atoms with Crippen LogP contribution in [0.1, 0.15) is 18.0 Å². The zero-order chi connectivity index (χ0) is 20.3. The van der Waals surface area contributed by atoms with Crippen LogP contribution in [0, 0.1) is 5.92 Å². The number of hydrogen-bond donors (Lipinski definition) is 2. The zero-order valence-electron chi connectivity index (χ0n) is 15.6. The molecule has 3 heterocycles. The van der Waals surface area contributed by atoms with Gasteiger partial charge in [0.15, 0.2) is 0 Å². The van der Waals surface area contributed by atoms with Gasteiger partial charge in [0, 0.05) is 31.2 Å². The predicted molar refractivity (Wildman–Crippen MR) is 110 cm³/mol. The Kier molecular flexibility index (Phi) is 6.71. The van der Waals surface area contributed by atoms with E-state index in [1.807, 2.05) is 12.3 Å². The van der Waals surface area contributed by atoms with Crippen molar-refractivity contribution in [2.45, 2.75) is 18.9 Å². The number of piperidine rings is 1. The zero-order valence-corrected chi connectivity index (χ0v) is 17.2. The molecule has 2 atom stereocenters. The van der Waals surface area contributed by atoms with Crippen LogP contribution < -0.4 is 10.9 Å². The van der Waals surface area contributed by atoms with Gasteiger partial charge in [0.2, 0.25) is 11.8 Å². The number of hydrogen-bond acceptors (Lipinski definition) is 6. The molecule has 8 nitrogen and oxygen atoms in total. The molecule has 10 heteroatoms. The SMILES string of the molecule is CSCC(=O)Nc1ccc2n(c1=O)CC1CC2CN(C(=O)CSCC(=O)O)C1. The minimum Gasteiger partial charge on any atom is -0.481 e. The van der Waals surface area contributed by atoms with Crippen LogP contribution in [0.2, 0.25) is 0 Å². The first-order valence-electron chi connectivity index (χ1n) is 8.99. The van der Waals surface area contributed by atoms with Crippen molar-refractivity contribution in [1.82, 2.24) is 9.47 Å². The van der Waals surface area contributed by atoms with Crippen LogP contribution in [-0.2, 0) is 20.9 Å². The summed E-state index contributed by atoms with van der Waals surface area (Å²) in [6, 6.07) is 3.51. The molecule has 2 unspecified atom stereocenters. The molecule has 0 saturated carbocycles. The van der Waals surface area contributed by atoms with Crippen LogP contribution in [0.5, 0.6) is 0 Å². The summed E-state index contributed by atoms with van der Waals surface area (Å²) < 4.78 is 1.73. The van der Waals surface area contributed by atoms with Crippen LogP contribution >= 0.6 is 23.5 Å². The normalized spacial score (nSPS) is 20.4. The van der Waals surface area contributed by atoms with Gasteiger partial charge in [-0.2, -0.15) is 11.8 Å². The Balaban J connectivity index is 1.72. The van der Waals surface area contributed by atoms with Crippen molar-refractivity contribution in [3.63, 3.8) is 0 Å². The second-order valence-electron chi connectivity index (χ2n) is 7.05. The van der Waals surface area contributed by atoms with Crippen LogP contribution in [-0.4, -0.2) is 69.0 Å². The number of amides is 2. The molecule has 1 aromatic heterocycles. The van der Waals surface area contributed by atoms with E-state index < -0.39 is 5.97 Å². The fourth-order valence-corrected chi connectivity index (χ4v) is 4.85. The van der Waals surface area contributed by atoms with E-state index in [0.29, 0.717) is 31.1 Å². The predicted octanol–water partition coefficient (Wildman–Crippen LogP) is 0.913. The average molecular weight is 426 g/mol. The topological polar surface area (TPSA) is 109 Å². The lowest BCUT2D eigenvalue weighted by molar-refractivity contribution is -0.134. The maximum Gasteiger partial charge on any atom is 0.313 e. The van der Waals surface area contributed by atoms with Crippen LogP contribution in [0.3, 0.4) is 0 Å². The monoisotopic (exact) mass is 425 g/mol. The van der Waals surface area contributed by atoms with Gasteiger partial charge in [-0.1, -0.05) is 0 Å². The highest BCUT2D eigenvalue weighted by Gasteiger charge is 2.36. The summed E-state index contributed by atoms with van der Waals surface area (Å²) in [5, 5.41) is 11.4. The highest BCUT2D eigenvalue weighted by atomic mass is 32.2.